The molecule has 2 heterocycles. The number of aliphatic hydroxyl groups is 1. The SMILES string of the molecule is C=CCC1C(=O)NCC1C(=O)N[C@@H](Cc1cc(F)cc(F)c1)[C@H](O)[C@H]1C[C@@H](Oc2ccccc2)CN1. The summed E-state index contributed by atoms with van der Waals surface area (Å²) in [6.45, 7) is 4.33. The van der Waals surface area contributed by atoms with Gasteiger partial charge < -0.3 is 25.8 Å². The molecule has 7 nitrogen and oxygen atoms in total. The van der Waals surface area contributed by atoms with E-state index in [1.54, 1.807) is 6.08 Å². The fourth-order valence-electron chi connectivity index (χ4n) is 4.98. The molecule has 2 aliphatic rings. The smallest absolute Gasteiger partial charge is 0.226 e. The number of halogens is 2. The minimum absolute atomic E-state index is 0.00416. The van der Waals surface area contributed by atoms with Crippen LogP contribution in [0, 0.1) is 23.5 Å². The van der Waals surface area contributed by atoms with E-state index in [2.05, 4.69) is 22.5 Å². The van der Waals surface area contributed by atoms with Gasteiger partial charge in [-0.05, 0) is 42.7 Å². The molecule has 192 valence electrons. The lowest BCUT2D eigenvalue weighted by Gasteiger charge is -2.30. The first kappa shape index (κ1) is 25.8. The third-order valence-corrected chi connectivity index (χ3v) is 6.78. The normalized spacial score (nSPS) is 25.1. The van der Waals surface area contributed by atoms with Gasteiger partial charge in [-0.15, -0.1) is 6.58 Å². The first-order chi connectivity index (χ1) is 17.3. The lowest BCUT2D eigenvalue weighted by atomic mass is 9.90. The van der Waals surface area contributed by atoms with E-state index in [0.29, 0.717) is 30.7 Å². The molecular formula is C27H31F2N3O4. The standard InChI is InChI=1S/C27H31F2N3O4/c1-2-6-21-22(15-31-26(21)34)27(35)32-24(11-16-9-17(28)12-18(29)10-16)25(33)23-13-20(14-30-23)36-19-7-4-3-5-8-19/h2-5,7-10,12,20-25,30,33H,1,6,11,13-15H2,(H,31,34)(H,32,35)/t20-,21?,22?,23-,24+,25-/m1/s1. The predicted octanol–water partition coefficient (Wildman–Crippen LogP) is 2.10. The summed E-state index contributed by atoms with van der Waals surface area (Å²) >= 11 is 0. The Morgan fingerprint density at radius 2 is 1.92 bits per heavy atom. The summed E-state index contributed by atoms with van der Waals surface area (Å²) in [4.78, 5) is 25.4. The molecule has 4 rings (SSSR count). The van der Waals surface area contributed by atoms with Crippen LogP contribution in [0.3, 0.4) is 0 Å². The van der Waals surface area contributed by atoms with Crippen molar-refractivity contribution in [2.75, 3.05) is 13.1 Å². The molecule has 0 saturated carbocycles. The van der Waals surface area contributed by atoms with Gasteiger partial charge in [0.05, 0.1) is 24.0 Å². The summed E-state index contributed by atoms with van der Waals surface area (Å²) in [5.74, 6) is -2.59. The number of carbonyl (C=O) groups excluding carboxylic acids is 2. The average Bonchev–Trinajstić information content (AvgIpc) is 3.45. The van der Waals surface area contributed by atoms with Crippen LogP contribution in [0.1, 0.15) is 18.4 Å². The molecule has 2 amide bonds. The molecule has 0 spiro atoms. The number of amides is 2. The van der Waals surface area contributed by atoms with Gasteiger partial charge in [0.1, 0.15) is 23.5 Å². The number of aliphatic hydroxyl groups excluding tert-OH is 1. The van der Waals surface area contributed by atoms with Gasteiger partial charge in [0.25, 0.3) is 0 Å². The molecule has 0 aliphatic carbocycles. The van der Waals surface area contributed by atoms with Crippen LogP contribution in [0.15, 0.2) is 61.2 Å². The minimum atomic E-state index is -1.08. The Morgan fingerprint density at radius 1 is 1.19 bits per heavy atom. The topological polar surface area (TPSA) is 99.7 Å². The zero-order chi connectivity index (χ0) is 25.7. The zero-order valence-corrected chi connectivity index (χ0v) is 19.8. The van der Waals surface area contributed by atoms with Crippen LogP contribution >= 0.6 is 0 Å². The van der Waals surface area contributed by atoms with E-state index in [1.165, 1.54) is 12.1 Å². The molecule has 6 atom stereocenters. The van der Waals surface area contributed by atoms with Gasteiger partial charge in [-0.2, -0.15) is 0 Å². The molecule has 36 heavy (non-hydrogen) atoms. The first-order valence-electron chi connectivity index (χ1n) is 12.1. The van der Waals surface area contributed by atoms with Crippen LogP contribution in [0.4, 0.5) is 8.78 Å². The van der Waals surface area contributed by atoms with E-state index in [0.717, 1.165) is 6.07 Å². The number of ether oxygens (including phenoxy) is 1. The molecule has 0 bridgehead atoms. The zero-order valence-electron chi connectivity index (χ0n) is 19.8. The summed E-state index contributed by atoms with van der Waals surface area (Å²) in [6, 6.07) is 11.2. The maximum atomic E-state index is 13.9. The van der Waals surface area contributed by atoms with Crippen LogP contribution < -0.4 is 20.7 Å². The van der Waals surface area contributed by atoms with Crippen molar-refractivity contribution in [1.29, 1.82) is 0 Å². The Bertz CT molecular complexity index is 1060. The predicted molar refractivity (Wildman–Crippen MR) is 130 cm³/mol. The molecule has 2 unspecified atom stereocenters. The minimum Gasteiger partial charge on any atom is -0.489 e. The number of para-hydroxylation sites is 1. The van der Waals surface area contributed by atoms with Crippen molar-refractivity contribution < 1.29 is 28.2 Å². The Hall–Kier alpha value is -3.30. The van der Waals surface area contributed by atoms with Gasteiger partial charge in [0.15, 0.2) is 0 Å². The summed E-state index contributed by atoms with van der Waals surface area (Å²) < 4.78 is 33.7. The van der Waals surface area contributed by atoms with E-state index in [4.69, 9.17) is 4.74 Å². The third kappa shape index (κ3) is 6.27. The molecule has 2 aromatic rings. The molecule has 2 aromatic carbocycles. The number of hydrogen-bond acceptors (Lipinski definition) is 5. The summed E-state index contributed by atoms with van der Waals surface area (Å²) in [6.07, 6.45) is 1.14. The first-order valence-corrected chi connectivity index (χ1v) is 12.1. The molecule has 9 heteroatoms. The fourth-order valence-corrected chi connectivity index (χ4v) is 4.98. The van der Waals surface area contributed by atoms with Crippen LogP contribution in [0.5, 0.6) is 5.75 Å². The van der Waals surface area contributed by atoms with Gasteiger partial charge >= 0.3 is 0 Å². The molecule has 0 aromatic heterocycles. The van der Waals surface area contributed by atoms with Crippen LogP contribution in [-0.2, 0) is 16.0 Å². The Kier molecular flexibility index (Phi) is 8.32. The largest absolute Gasteiger partial charge is 0.489 e. The van der Waals surface area contributed by atoms with E-state index in [-0.39, 0.29) is 25.0 Å². The summed E-state index contributed by atoms with van der Waals surface area (Å²) in [5, 5.41) is 20.1. The van der Waals surface area contributed by atoms with E-state index in [9.17, 15) is 23.5 Å². The second kappa shape index (κ2) is 11.6. The third-order valence-electron chi connectivity index (χ3n) is 6.78. The number of rotatable bonds is 10. The summed E-state index contributed by atoms with van der Waals surface area (Å²) in [7, 11) is 0. The van der Waals surface area contributed by atoms with E-state index < -0.39 is 47.6 Å². The number of benzene rings is 2. The van der Waals surface area contributed by atoms with Crippen LogP contribution in [0.25, 0.3) is 0 Å². The van der Waals surface area contributed by atoms with Gasteiger partial charge in [0.2, 0.25) is 11.8 Å². The van der Waals surface area contributed by atoms with Crippen molar-refractivity contribution >= 4 is 11.8 Å². The van der Waals surface area contributed by atoms with Crippen LogP contribution in [0.2, 0.25) is 0 Å². The molecular weight excluding hydrogens is 468 g/mol. The van der Waals surface area contributed by atoms with Crippen molar-refractivity contribution in [3.8, 4) is 5.75 Å². The lowest BCUT2D eigenvalue weighted by Crippen LogP contribution is -2.54. The maximum absolute atomic E-state index is 13.9. The second-order valence-corrected chi connectivity index (χ2v) is 9.37. The second-order valence-electron chi connectivity index (χ2n) is 9.37. The van der Waals surface area contributed by atoms with Gasteiger partial charge in [-0.1, -0.05) is 24.3 Å². The molecule has 2 aliphatic heterocycles. The quantitative estimate of drug-likeness (QED) is 0.376. The number of carbonyl (C=O) groups is 2. The highest BCUT2D eigenvalue weighted by atomic mass is 19.1. The van der Waals surface area contributed by atoms with Gasteiger partial charge in [-0.3, -0.25) is 9.59 Å². The molecule has 2 fully saturated rings. The summed E-state index contributed by atoms with van der Waals surface area (Å²) in [5.41, 5.74) is 0.301. The van der Waals surface area contributed by atoms with Crippen molar-refractivity contribution in [2.24, 2.45) is 11.8 Å². The highest BCUT2D eigenvalue weighted by molar-refractivity contribution is 5.91. The van der Waals surface area contributed by atoms with Crippen molar-refractivity contribution in [3.63, 3.8) is 0 Å². The Morgan fingerprint density at radius 3 is 2.61 bits per heavy atom. The van der Waals surface area contributed by atoms with Crippen LogP contribution in [-0.4, -0.2) is 54.3 Å². The van der Waals surface area contributed by atoms with E-state index >= 15 is 0 Å². The lowest BCUT2D eigenvalue weighted by molar-refractivity contribution is -0.131. The van der Waals surface area contributed by atoms with E-state index in [1.807, 2.05) is 30.3 Å². The van der Waals surface area contributed by atoms with Crippen molar-refractivity contribution in [1.82, 2.24) is 16.0 Å². The van der Waals surface area contributed by atoms with Crippen molar-refractivity contribution in [2.45, 2.75) is 43.6 Å². The average molecular weight is 500 g/mol. The molecule has 2 saturated heterocycles. The highest BCUT2D eigenvalue weighted by Gasteiger charge is 2.41. The number of hydrogen-bond donors (Lipinski definition) is 4. The monoisotopic (exact) mass is 499 g/mol. The fraction of sp³-hybridized carbons (Fsp3) is 0.407. The molecule has 4 N–H and O–H groups in total. The number of allylic oxidation sites excluding steroid dienone is 1. The maximum Gasteiger partial charge on any atom is 0.226 e. The number of nitrogens with one attached hydrogen (secondary N) is 3. The molecule has 0 radical (unpaired) electrons. The van der Waals surface area contributed by atoms with Gasteiger partial charge in [-0.25, -0.2) is 8.78 Å². The highest BCUT2D eigenvalue weighted by Crippen LogP contribution is 2.25. The van der Waals surface area contributed by atoms with Crippen molar-refractivity contribution in [3.05, 3.63) is 78.4 Å². The Balaban J connectivity index is 1.48. The van der Waals surface area contributed by atoms with Gasteiger partial charge in [0, 0.05) is 31.6 Å². The Labute approximate surface area is 208 Å².